The second-order valence-corrected chi connectivity index (χ2v) is 9.69. The molecule has 0 saturated heterocycles. The predicted octanol–water partition coefficient (Wildman–Crippen LogP) is 7.03. The number of benzene rings is 1. The van der Waals surface area contributed by atoms with Crippen molar-refractivity contribution >= 4 is 14.0 Å². The molecule has 0 amide bonds. The van der Waals surface area contributed by atoms with Gasteiger partial charge >= 0.3 is 0 Å². The zero-order chi connectivity index (χ0) is 18.0. The smallest absolute Gasteiger partial charge is 0.0933 e. The fourth-order valence-corrected chi connectivity index (χ4v) is 5.39. The number of hydrogen-bond donors (Lipinski definition) is 0. The first kappa shape index (κ1) is 22.0. The molecule has 1 heteroatoms. The van der Waals surface area contributed by atoms with Crippen LogP contribution in [0.1, 0.15) is 90.9 Å². The van der Waals surface area contributed by atoms with Crippen molar-refractivity contribution in [2.45, 2.75) is 90.9 Å². The van der Waals surface area contributed by atoms with Crippen LogP contribution >= 0.6 is 0 Å². The van der Waals surface area contributed by atoms with E-state index in [1.54, 1.807) is 5.19 Å². The summed E-state index contributed by atoms with van der Waals surface area (Å²) in [7, 11) is -1.08. The molecule has 25 heavy (non-hydrogen) atoms. The van der Waals surface area contributed by atoms with Crippen molar-refractivity contribution in [2.24, 2.45) is 0 Å². The minimum atomic E-state index is -1.08. The Hall–Kier alpha value is -1.08. The lowest BCUT2D eigenvalue weighted by atomic mass is 10.1. The largest absolute Gasteiger partial charge is 0.117 e. The number of unbranched alkanes of at least 4 members (excludes halogenated alkanes) is 10. The molecule has 1 unspecified atom stereocenters. The van der Waals surface area contributed by atoms with Crippen LogP contribution in [0.5, 0.6) is 0 Å². The maximum atomic E-state index is 2.55. The van der Waals surface area contributed by atoms with Gasteiger partial charge in [0.15, 0.2) is 0 Å². The Labute approximate surface area is 159 Å². The zero-order valence-corrected chi connectivity index (χ0v) is 17.9. The highest BCUT2D eigenvalue weighted by Gasteiger charge is 2.04. The van der Waals surface area contributed by atoms with Crippen molar-refractivity contribution in [3.63, 3.8) is 0 Å². The van der Waals surface area contributed by atoms with E-state index in [4.69, 9.17) is 0 Å². The third-order valence-corrected chi connectivity index (χ3v) is 7.35. The lowest BCUT2D eigenvalue weighted by Gasteiger charge is -2.07. The Morgan fingerprint density at radius 3 is 1.68 bits per heavy atom. The average Bonchev–Trinajstić information content (AvgIpc) is 2.65. The molecule has 1 atom stereocenters. The molecular formula is C24H40Si. The highest BCUT2D eigenvalue weighted by Crippen LogP contribution is 2.08. The normalized spacial score (nSPS) is 13.0. The van der Waals surface area contributed by atoms with E-state index in [1.807, 2.05) is 0 Å². The van der Waals surface area contributed by atoms with Gasteiger partial charge in [0.1, 0.15) is 8.80 Å². The quantitative estimate of drug-likeness (QED) is 0.234. The summed E-state index contributed by atoms with van der Waals surface area (Å²) in [4.78, 5) is 0. The van der Waals surface area contributed by atoms with Crippen molar-refractivity contribution in [3.05, 3.63) is 53.9 Å². The molecule has 0 fully saturated rings. The van der Waals surface area contributed by atoms with Crippen molar-refractivity contribution in [3.8, 4) is 0 Å². The first-order valence-corrected chi connectivity index (χ1v) is 12.7. The highest BCUT2D eigenvalue weighted by molar-refractivity contribution is 6.82. The summed E-state index contributed by atoms with van der Waals surface area (Å²) in [5.74, 6) is 0. The molecule has 0 N–H and O–H groups in total. The SMILES string of the molecule is CCCCCC/C=C/[SiH](/C=C/CCCCCCCC)c1ccccc1. The van der Waals surface area contributed by atoms with Crippen LogP contribution < -0.4 is 5.19 Å². The molecule has 0 aliphatic rings. The standard InChI is InChI=1S/C24H40Si/c1-3-5-7-9-11-12-14-19-23-25(24-20-16-15-17-21-24)22-18-13-10-8-6-4-2/h15-23,25H,3-14H2,1-2H3/b22-18+,23-19+. The Bertz CT molecular complexity index is 446. The van der Waals surface area contributed by atoms with Gasteiger partial charge in [-0.25, -0.2) is 0 Å². The van der Waals surface area contributed by atoms with Crippen LogP contribution in [0.25, 0.3) is 0 Å². The van der Waals surface area contributed by atoms with Gasteiger partial charge in [-0.05, 0) is 25.7 Å². The summed E-state index contributed by atoms with van der Waals surface area (Å²) < 4.78 is 0. The molecule has 1 rings (SSSR count). The van der Waals surface area contributed by atoms with Gasteiger partial charge < -0.3 is 0 Å². The molecule has 0 saturated carbocycles. The third-order valence-electron chi connectivity index (χ3n) is 4.82. The third kappa shape index (κ3) is 12.0. The Morgan fingerprint density at radius 2 is 1.12 bits per heavy atom. The maximum absolute atomic E-state index is 2.55. The fraction of sp³-hybridized carbons (Fsp3) is 0.583. The van der Waals surface area contributed by atoms with Gasteiger partial charge in [-0.15, -0.1) is 0 Å². The predicted molar refractivity (Wildman–Crippen MR) is 118 cm³/mol. The van der Waals surface area contributed by atoms with Crippen LogP contribution in [0.3, 0.4) is 0 Å². The molecule has 1 aromatic rings. The summed E-state index contributed by atoms with van der Waals surface area (Å²) in [6.07, 6.45) is 21.2. The van der Waals surface area contributed by atoms with E-state index in [9.17, 15) is 0 Å². The highest BCUT2D eigenvalue weighted by atomic mass is 28.3. The van der Waals surface area contributed by atoms with Crippen LogP contribution in [0.4, 0.5) is 0 Å². The monoisotopic (exact) mass is 356 g/mol. The van der Waals surface area contributed by atoms with Crippen molar-refractivity contribution in [2.75, 3.05) is 0 Å². The van der Waals surface area contributed by atoms with Gasteiger partial charge in [-0.2, -0.15) is 0 Å². The van der Waals surface area contributed by atoms with E-state index in [2.05, 4.69) is 67.7 Å². The number of allylic oxidation sites excluding steroid dienone is 2. The molecule has 0 nitrogen and oxygen atoms in total. The molecule has 0 spiro atoms. The molecule has 0 bridgehead atoms. The number of hydrogen-bond acceptors (Lipinski definition) is 0. The average molecular weight is 357 g/mol. The van der Waals surface area contributed by atoms with E-state index in [0.29, 0.717) is 0 Å². The molecular weight excluding hydrogens is 316 g/mol. The molecule has 140 valence electrons. The van der Waals surface area contributed by atoms with E-state index >= 15 is 0 Å². The van der Waals surface area contributed by atoms with E-state index in [1.165, 1.54) is 77.0 Å². The number of rotatable bonds is 15. The minimum absolute atomic E-state index is 1.08. The first-order chi connectivity index (χ1) is 12.4. The van der Waals surface area contributed by atoms with Crippen molar-refractivity contribution < 1.29 is 0 Å². The van der Waals surface area contributed by atoms with Gasteiger partial charge in [0, 0.05) is 0 Å². The second kappa shape index (κ2) is 16.4. The van der Waals surface area contributed by atoms with E-state index < -0.39 is 8.80 Å². The van der Waals surface area contributed by atoms with Gasteiger partial charge in [-0.1, -0.05) is 124 Å². The Kier molecular flexibility index (Phi) is 14.4. The van der Waals surface area contributed by atoms with Crippen LogP contribution in [-0.2, 0) is 0 Å². The van der Waals surface area contributed by atoms with Crippen LogP contribution in [0.15, 0.2) is 53.9 Å². The van der Waals surface area contributed by atoms with E-state index in [0.717, 1.165) is 0 Å². The molecule has 0 aliphatic carbocycles. The minimum Gasteiger partial charge on any atom is -0.0933 e. The molecule has 0 radical (unpaired) electrons. The van der Waals surface area contributed by atoms with Crippen molar-refractivity contribution in [1.29, 1.82) is 0 Å². The maximum Gasteiger partial charge on any atom is 0.117 e. The summed E-state index contributed by atoms with van der Waals surface area (Å²) in [5.41, 5.74) is 5.09. The van der Waals surface area contributed by atoms with Gasteiger partial charge in [0.05, 0.1) is 0 Å². The Balaban J connectivity index is 2.38. The van der Waals surface area contributed by atoms with Gasteiger partial charge in [0.25, 0.3) is 0 Å². The first-order valence-electron chi connectivity index (χ1n) is 10.8. The summed E-state index contributed by atoms with van der Waals surface area (Å²) in [6.45, 7) is 4.57. The summed E-state index contributed by atoms with van der Waals surface area (Å²) in [6, 6.07) is 11.1. The van der Waals surface area contributed by atoms with Crippen LogP contribution in [-0.4, -0.2) is 8.80 Å². The zero-order valence-electron chi connectivity index (χ0n) is 16.8. The lowest BCUT2D eigenvalue weighted by molar-refractivity contribution is 0.611. The summed E-state index contributed by atoms with van der Waals surface area (Å²) in [5, 5.41) is 1.55. The molecule has 0 aliphatic heterocycles. The molecule has 1 aromatic carbocycles. The van der Waals surface area contributed by atoms with Gasteiger partial charge in [-0.3, -0.25) is 0 Å². The van der Waals surface area contributed by atoms with Crippen LogP contribution in [0, 0.1) is 0 Å². The topological polar surface area (TPSA) is 0 Å². The second-order valence-electron chi connectivity index (χ2n) is 7.20. The van der Waals surface area contributed by atoms with Crippen LogP contribution in [0.2, 0.25) is 0 Å². The lowest BCUT2D eigenvalue weighted by Crippen LogP contribution is -2.25. The molecule has 0 aromatic heterocycles. The van der Waals surface area contributed by atoms with Gasteiger partial charge in [0.2, 0.25) is 0 Å². The molecule has 0 heterocycles. The van der Waals surface area contributed by atoms with E-state index in [-0.39, 0.29) is 0 Å². The Morgan fingerprint density at radius 1 is 0.640 bits per heavy atom. The summed E-state index contributed by atoms with van der Waals surface area (Å²) >= 11 is 0. The van der Waals surface area contributed by atoms with Crippen molar-refractivity contribution in [1.82, 2.24) is 0 Å². The fourth-order valence-electron chi connectivity index (χ4n) is 3.18.